The molecule has 6 nitrogen and oxygen atoms in total. The highest BCUT2D eigenvalue weighted by molar-refractivity contribution is 6.31. The van der Waals surface area contributed by atoms with Gasteiger partial charge in [0.15, 0.2) is 0 Å². The average molecular weight is 381 g/mol. The molecule has 1 aliphatic rings. The molecule has 1 aromatic heterocycles. The summed E-state index contributed by atoms with van der Waals surface area (Å²) in [4.78, 5) is 24.9. The van der Waals surface area contributed by atoms with Gasteiger partial charge in [-0.25, -0.2) is 4.68 Å². The van der Waals surface area contributed by atoms with Crippen LogP contribution in [0.25, 0.3) is 11.1 Å². The van der Waals surface area contributed by atoms with Gasteiger partial charge in [-0.05, 0) is 30.2 Å². The van der Waals surface area contributed by atoms with E-state index in [2.05, 4.69) is 15.7 Å². The first kappa shape index (κ1) is 17.3. The molecule has 4 rings (SSSR count). The zero-order valence-electron chi connectivity index (χ0n) is 14.6. The molecule has 0 bridgehead atoms. The maximum Gasteiger partial charge on any atom is 0.251 e. The van der Waals surface area contributed by atoms with Gasteiger partial charge in [0.1, 0.15) is 11.9 Å². The van der Waals surface area contributed by atoms with Crippen molar-refractivity contribution in [1.82, 2.24) is 9.78 Å². The molecule has 136 valence electrons. The predicted molar refractivity (Wildman–Crippen MR) is 105 cm³/mol. The van der Waals surface area contributed by atoms with Gasteiger partial charge in [-0.2, -0.15) is 5.10 Å². The Balaban J connectivity index is 1.54. The molecule has 1 aliphatic heterocycles. The van der Waals surface area contributed by atoms with Gasteiger partial charge >= 0.3 is 0 Å². The molecule has 1 unspecified atom stereocenters. The number of hydrogen-bond donors (Lipinski definition) is 2. The van der Waals surface area contributed by atoms with Gasteiger partial charge in [-0.15, -0.1) is 0 Å². The highest BCUT2D eigenvalue weighted by Gasteiger charge is 2.35. The van der Waals surface area contributed by atoms with Crippen LogP contribution in [0.4, 0.5) is 11.5 Å². The molecular weight excluding hydrogens is 364 g/mol. The normalized spacial score (nSPS) is 15.3. The van der Waals surface area contributed by atoms with E-state index >= 15 is 0 Å². The topological polar surface area (TPSA) is 76.0 Å². The first-order valence-corrected chi connectivity index (χ1v) is 8.90. The van der Waals surface area contributed by atoms with E-state index in [1.807, 2.05) is 43.3 Å². The summed E-state index contributed by atoms with van der Waals surface area (Å²) in [5.41, 5.74) is 3.32. The Morgan fingerprint density at radius 2 is 2.04 bits per heavy atom. The van der Waals surface area contributed by atoms with Crippen molar-refractivity contribution in [2.45, 2.75) is 19.4 Å². The van der Waals surface area contributed by atoms with Crippen LogP contribution in [-0.2, 0) is 9.59 Å². The number of benzene rings is 2. The number of anilines is 2. The zero-order valence-corrected chi connectivity index (χ0v) is 15.3. The average Bonchev–Trinajstić information content (AvgIpc) is 3.19. The van der Waals surface area contributed by atoms with Crippen LogP contribution < -0.4 is 10.6 Å². The van der Waals surface area contributed by atoms with Crippen LogP contribution >= 0.6 is 11.6 Å². The Bertz CT molecular complexity index is 1030. The Hall–Kier alpha value is -3.12. The second kappa shape index (κ2) is 6.89. The molecule has 2 heterocycles. The summed E-state index contributed by atoms with van der Waals surface area (Å²) in [6, 6.07) is 14.3. The molecule has 0 radical (unpaired) electrons. The highest BCUT2D eigenvalue weighted by atomic mass is 35.5. The van der Waals surface area contributed by atoms with E-state index in [0.29, 0.717) is 16.5 Å². The lowest BCUT2D eigenvalue weighted by atomic mass is 10.1. The molecule has 2 aromatic carbocycles. The summed E-state index contributed by atoms with van der Waals surface area (Å²) >= 11 is 5.99. The summed E-state index contributed by atoms with van der Waals surface area (Å²) in [5, 5.41) is 10.5. The van der Waals surface area contributed by atoms with Crippen molar-refractivity contribution in [3.8, 4) is 11.1 Å². The number of carbonyl (C=O) groups is 2. The Kier molecular flexibility index (Phi) is 4.41. The summed E-state index contributed by atoms with van der Waals surface area (Å²) in [5.74, 6) is 0.0984. The van der Waals surface area contributed by atoms with E-state index in [-0.39, 0.29) is 18.2 Å². The van der Waals surface area contributed by atoms with Gasteiger partial charge < -0.3 is 10.6 Å². The highest BCUT2D eigenvalue weighted by Crippen LogP contribution is 2.35. The molecule has 0 fully saturated rings. The molecular formula is C20H17ClN4O2. The number of hydrogen-bond acceptors (Lipinski definition) is 3. The molecule has 0 spiro atoms. The van der Waals surface area contributed by atoms with Gasteiger partial charge in [-0.3, -0.25) is 9.59 Å². The molecule has 2 N–H and O–H groups in total. The third-order valence-corrected chi connectivity index (χ3v) is 4.81. The lowest BCUT2D eigenvalue weighted by Crippen LogP contribution is -2.23. The number of aryl methyl sites for hydroxylation is 1. The maximum absolute atomic E-state index is 12.5. The van der Waals surface area contributed by atoms with Crippen LogP contribution in [-0.4, -0.2) is 21.6 Å². The van der Waals surface area contributed by atoms with E-state index in [0.717, 1.165) is 16.7 Å². The molecule has 0 saturated heterocycles. The number of amides is 2. The minimum absolute atomic E-state index is 0.0132. The number of nitrogens with zero attached hydrogens (tertiary/aromatic N) is 2. The fourth-order valence-corrected chi connectivity index (χ4v) is 3.32. The molecule has 1 atom stereocenters. The van der Waals surface area contributed by atoms with Gasteiger partial charge in [0.2, 0.25) is 5.91 Å². The zero-order chi connectivity index (χ0) is 19.0. The van der Waals surface area contributed by atoms with Gasteiger partial charge in [0.05, 0.1) is 12.6 Å². The van der Waals surface area contributed by atoms with Gasteiger partial charge in [0.25, 0.3) is 5.91 Å². The first-order chi connectivity index (χ1) is 13.0. The summed E-state index contributed by atoms with van der Waals surface area (Å²) < 4.78 is 1.58. The molecule has 2 amide bonds. The minimum atomic E-state index is -0.683. The molecule has 0 saturated carbocycles. The first-order valence-electron chi connectivity index (χ1n) is 8.53. The van der Waals surface area contributed by atoms with Crippen molar-refractivity contribution < 1.29 is 9.59 Å². The monoisotopic (exact) mass is 380 g/mol. The smallest absolute Gasteiger partial charge is 0.251 e. The summed E-state index contributed by atoms with van der Waals surface area (Å²) in [7, 11) is 0. The fourth-order valence-electron chi connectivity index (χ4n) is 3.15. The summed E-state index contributed by atoms with van der Waals surface area (Å²) in [6.45, 7) is 1.88. The standard InChI is InChI=1S/C20H17ClN4O2/c1-12-7-8-14(21)9-16(12)23-18(26)10-17-20(27)24-19-15(11-22-25(17)19)13-5-3-2-4-6-13/h2-9,11,17H,10H2,1H3,(H,23,26)(H,24,27). The van der Waals surface area contributed by atoms with E-state index in [9.17, 15) is 9.59 Å². The second-order valence-corrected chi connectivity index (χ2v) is 6.87. The number of halogens is 1. The number of aromatic nitrogens is 2. The van der Waals surface area contributed by atoms with Crippen molar-refractivity contribution in [3.63, 3.8) is 0 Å². The molecule has 3 aromatic rings. The van der Waals surface area contributed by atoms with E-state index < -0.39 is 6.04 Å². The van der Waals surface area contributed by atoms with Crippen molar-refractivity contribution in [1.29, 1.82) is 0 Å². The van der Waals surface area contributed by atoms with Crippen LogP contribution in [0.15, 0.2) is 54.7 Å². The fraction of sp³-hybridized carbons (Fsp3) is 0.150. The van der Waals surface area contributed by atoms with Crippen molar-refractivity contribution in [2.75, 3.05) is 10.6 Å². The lowest BCUT2D eigenvalue weighted by molar-refractivity contribution is -0.123. The van der Waals surface area contributed by atoms with E-state index in [1.165, 1.54) is 0 Å². The van der Waals surface area contributed by atoms with Crippen molar-refractivity contribution in [2.24, 2.45) is 0 Å². The third kappa shape index (κ3) is 3.31. The number of fused-ring (bicyclic) bond motifs is 1. The molecule has 27 heavy (non-hydrogen) atoms. The Morgan fingerprint density at radius 3 is 2.81 bits per heavy atom. The summed E-state index contributed by atoms with van der Waals surface area (Å²) in [6.07, 6.45) is 1.69. The van der Waals surface area contributed by atoms with Crippen molar-refractivity contribution in [3.05, 3.63) is 65.3 Å². The van der Waals surface area contributed by atoms with Gasteiger partial charge in [-0.1, -0.05) is 48.0 Å². The van der Waals surface area contributed by atoms with E-state index in [4.69, 9.17) is 11.6 Å². The maximum atomic E-state index is 12.5. The van der Waals surface area contributed by atoms with Crippen LogP contribution in [0.2, 0.25) is 5.02 Å². The minimum Gasteiger partial charge on any atom is -0.326 e. The number of rotatable bonds is 4. The van der Waals surface area contributed by atoms with Crippen molar-refractivity contribution >= 4 is 34.9 Å². The second-order valence-electron chi connectivity index (χ2n) is 6.43. The van der Waals surface area contributed by atoms with E-state index in [1.54, 1.807) is 23.0 Å². The number of nitrogens with one attached hydrogen (secondary N) is 2. The quantitative estimate of drug-likeness (QED) is 0.717. The molecule has 0 aliphatic carbocycles. The Labute approximate surface area is 161 Å². The van der Waals surface area contributed by atoms with Crippen LogP contribution in [0.1, 0.15) is 18.0 Å². The SMILES string of the molecule is Cc1ccc(Cl)cc1NC(=O)CC1C(=O)Nc2c(-c3ccccc3)cnn21. The Morgan fingerprint density at radius 1 is 1.26 bits per heavy atom. The molecule has 7 heteroatoms. The van der Waals surface area contributed by atoms with Crippen LogP contribution in [0, 0.1) is 6.92 Å². The third-order valence-electron chi connectivity index (χ3n) is 4.57. The van der Waals surface area contributed by atoms with Crippen LogP contribution in [0.3, 0.4) is 0 Å². The lowest BCUT2D eigenvalue weighted by Gasteiger charge is -2.11. The van der Waals surface area contributed by atoms with Crippen LogP contribution in [0.5, 0.6) is 0 Å². The largest absolute Gasteiger partial charge is 0.326 e. The predicted octanol–water partition coefficient (Wildman–Crippen LogP) is 4.03. The number of carbonyl (C=O) groups excluding carboxylic acids is 2. The van der Waals surface area contributed by atoms with Gasteiger partial charge in [0, 0.05) is 16.3 Å².